The highest BCUT2D eigenvalue weighted by atomic mass is 16.5. The fourth-order valence-corrected chi connectivity index (χ4v) is 0.985. The van der Waals surface area contributed by atoms with Crippen LogP contribution in [0.1, 0.15) is 26.7 Å². The molecule has 0 aliphatic heterocycles. The van der Waals surface area contributed by atoms with Crippen molar-refractivity contribution in [1.29, 1.82) is 0 Å². The van der Waals surface area contributed by atoms with Crippen LogP contribution in [0.4, 0.5) is 0 Å². The minimum Gasteiger partial charge on any atom is -0.488 e. The summed E-state index contributed by atoms with van der Waals surface area (Å²) in [4.78, 5) is 2.97. The summed E-state index contributed by atoms with van der Waals surface area (Å²) in [7, 11) is 0. The molecule has 0 aliphatic carbocycles. The Balaban J connectivity index is 2.45. The zero-order valence-corrected chi connectivity index (χ0v) is 8.30. The van der Waals surface area contributed by atoms with Crippen LogP contribution in [0, 0.1) is 0 Å². The maximum Gasteiger partial charge on any atom is 0.178 e. The van der Waals surface area contributed by atoms with Gasteiger partial charge in [0.25, 0.3) is 0 Å². The molecular formula is C10H17NO2. The van der Waals surface area contributed by atoms with E-state index in [4.69, 9.17) is 9.47 Å². The highest BCUT2D eigenvalue weighted by Gasteiger charge is 2.04. The summed E-state index contributed by atoms with van der Waals surface area (Å²) in [5, 5.41) is 0. The smallest absolute Gasteiger partial charge is 0.178 e. The summed E-state index contributed by atoms with van der Waals surface area (Å²) in [6.45, 7) is 5.64. The van der Waals surface area contributed by atoms with Gasteiger partial charge in [0.2, 0.25) is 0 Å². The molecule has 1 aromatic heterocycles. The van der Waals surface area contributed by atoms with Crippen molar-refractivity contribution in [3.05, 3.63) is 12.4 Å². The molecule has 0 bridgehead atoms. The maximum absolute atomic E-state index is 5.47. The first-order valence-electron chi connectivity index (χ1n) is 4.80. The predicted octanol–water partition coefficient (Wildman–Crippen LogP) is 2.59. The topological polar surface area (TPSA) is 34.2 Å². The maximum atomic E-state index is 5.47. The van der Waals surface area contributed by atoms with Gasteiger partial charge in [0, 0.05) is 12.4 Å². The van der Waals surface area contributed by atoms with E-state index in [0.717, 1.165) is 37.6 Å². The van der Waals surface area contributed by atoms with E-state index >= 15 is 0 Å². The van der Waals surface area contributed by atoms with Crippen molar-refractivity contribution in [2.24, 2.45) is 0 Å². The SMILES string of the molecule is CCCOc1c[nH]cc1OCCC. The quantitative estimate of drug-likeness (QED) is 0.735. The molecule has 0 spiro atoms. The fraction of sp³-hybridized carbons (Fsp3) is 0.600. The second kappa shape index (κ2) is 5.51. The van der Waals surface area contributed by atoms with Crippen LogP contribution in [-0.4, -0.2) is 18.2 Å². The Labute approximate surface area is 79.1 Å². The third kappa shape index (κ3) is 3.01. The van der Waals surface area contributed by atoms with Crippen molar-refractivity contribution in [2.45, 2.75) is 26.7 Å². The number of hydrogen-bond acceptors (Lipinski definition) is 2. The summed E-state index contributed by atoms with van der Waals surface area (Å²) in [6.07, 6.45) is 5.66. The first-order valence-corrected chi connectivity index (χ1v) is 4.80. The van der Waals surface area contributed by atoms with Gasteiger partial charge in [-0.1, -0.05) is 13.8 Å². The van der Waals surface area contributed by atoms with Gasteiger partial charge in [0.15, 0.2) is 11.5 Å². The molecule has 3 heteroatoms. The Morgan fingerprint density at radius 1 is 1.00 bits per heavy atom. The fourth-order valence-electron chi connectivity index (χ4n) is 0.985. The van der Waals surface area contributed by atoms with E-state index in [0.29, 0.717) is 0 Å². The minimum atomic E-state index is 0.736. The molecule has 1 rings (SSSR count). The van der Waals surface area contributed by atoms with Gasteiger partial charge in [-0.25, -0.2) is 0 Å². The lowest BCUT2D eigenvalue weighted by atomic mass is 10.5. The van der Waals surface area contributed by atoms with Crippen LogP contribution in [-0.2, 0) is 0 Å². The zero-order valence-electron chi connectivity index (χ0n) is 8.30. The van der Waals surface area contributed by atoms with Crippen LogP contribution >= 0.6 is 0 Å². The molecule has 0 unspecified atom stereocenters. The molecule has 0 radical (unpaired) electrons. The summed E-state index contributed by atoms with van der Waals surface area (Å²) >= 11 is 0. The Bertz CT molecular complexity index is 210. The summed E-state index contributed by atoms with van der Waals surface area (Å²) in [5.74, 6) is 1.63. The lowest BCUT2D eigenvalue weighted by Crippen LogP contribution is -1.98. The molecular weight excluding hydrogens is 166 g/mol. The van der Waals surface area contributed by atoms with E-state index < -0.39 is 0 Å². The van der Waals surface area contributed by atoms with Crippen molar-refractivity contribution in [1.82, 2.24) is 4.98 Å². The Morgan fingerprint density at radius 2 is 1.46 bits per heavy atom. The lowest BCUT2D eigenvalue weighted by molar-refractivity contribution is 0.270. The van der Waals surface area contributed by atoms with Gasteiger partial charge in [-0.05, 0) is 12.8 Å². The molecule has 13 heavy (non-hydrogen) atoms. The number of H-pyrrole nitrogens is 1. The molecule has 1 heterocycles. The van der Waals surface area contributed by atoms with Gasteiger partial charge in [-0.2, -0.15) is 0 Å². The van der Waals surface area contributed by atoms with Crippen molar-refractivity contribution in [3.8, 4) is 11.5 Å². The zero-order chi connectivity index (χ0) is 9.52. The predicted molar refractivity (Wildman–Crippen MR) is 52.4 cm³/mol. The van der Waals surface area contributed by atoms with Crippen LogP contribution in [0.2, 0.25) is 0 Å². The van der Waals surface area contributed by atoms with Crippen LogP contribution < -0.4 is 9.47 Å². The van der Waals surface area contributed by atoms with Crippen LogP contribution in [0.5, 0.6) is 11.5 Å². The van der Waals surface area contributed by atoms with Crippen molar-refractivity contribution in [2.75, 3.05) is 13.2 Å². The molecule has 0 aliphatic rings. The average molecular weight is 183 g/mol. The van der Waals surface area contributed by atoms with E-state index in [1.165, 1.54) is 0 Å². The first-order chi connectivity index (χ1) is 6.38. The number of aromatic nitrogens is 1. The Kier molecular flexibility index (Phi) is 4.23. The molecule has 0 atom stereocenters. The largest absolute Gasteiger partial charge is 0.488 e. The highest BCUT2D eigenvalue weighted by Crippen LogP contribution is 2.26. The summed E-state index contributed by atoms with van der Waals surface area (Å²) in [6, 6.07) is 0. The summed E-state index contributed by atoms with van der Waals surface area (Å²) in [5.41, 5.74) is 0. The first kappa shape index (κ1) is 9.96. The van der Waals surface area contributed by atoms with Gasteiger partial charge in [0.05, 0.1) is 13.2 Å². The van der Waals surface area contributed by atoms with Gasteiger partial charge >= 0.3 is 0 Å². The normalized spacial score (nSPS) is 10.0. The van der Waals surface area contributed by atoms with Crippen molar-refractivity contribution in [3.63, 3.8) is 0 Å². The Morgan fingerprint density at radius 3 is 1.85 bits per heavy atom. The third-order valence-corrected chi connectivity index (χ3v) is 1.60. The van der Waals surface area contributed by atoms with E-state index in [2.05, 4.69) is 18.8 Å². The van der Waals surface area contributed by atoms with E-state index in [9.17, 15) is 0 Å². The lowest BCUT2D eigenvalue weighted by Gasteiger charge is -2.06. The highest BCUT2D eigenvalue weighted by molar-refractivity contribution is 5.36. The standard InChI is InChI=1S/C10H17NO2/c1-3-5-12-9-7-11-8-10(9)13-6-4-2/h7-8,11H,3-6H2,1-2H3. The average Bonchev–Trinajstić information content (AvgIpc) is 2.59. The molecule has 0 aromatic carbocycles. The van der Waals surface area contributed by atoms with E-state index in [1.54, 1.807) is 0 Å². The van der Waals surface area contributed by atoms with Crippen molar-refractivity contribution >= 4 is 0 Å². The van der Waals surface area contributed by atoms with Gasteiger partial charge in [-0.15, -0.1) is 0 Å². The molecule has 0 fully saturated rings. The van der Waals surface area contributed by atoms with Crippen LogP contribution in [0.3, 0.4) is 0 Å². The van der Waals surface area contributed by atoms with Gasteiger partial charge < -0.3 is 14.5 Å². The monoisotopic (exact) mass is 183 g/mol. The molecule has 74 valence electrons. The molecule has 0 saturated carbocycles. The van der Waals surface area contributed by atoms with Crippen LogP contribution in [0.25, 0.3) is 0 Å². The molecule has 0 amide bonds. The minimum absolute atomic E-state index is 0.736. The van der Waals surface area contributed by atoms with Crippen LogP contribution in [0.15, 0.2) is 12.4 Å². The second-order valence-corrected chi connectivity index (χ2v) is 2.88. The molecule has 1 aromatic rings. The third-order valence-electron chi connectivity index (χ3n) is 1.60. The number of rotatable bonds is 6. The van der Waals surface area contributed by atoms with Gasteiger partial charge in [-0.3, -0.25) is 0 Å². The number of ether oxygens (including phenoxy) is 2. The number of aromatic amines is 1. The number of nitrogens with one attached hydrogen (secondary N) is 1. The molecule has 1 N–H and O–H groups in total. The van der Waals surface area contributed by atoms with E-state index in [-0.39, 0.29) is 0 Å². The van der Waals surface area contributed by atoms with Crippen molar-refractivity contribution < 1.29 is 9.47 Å². The van der Waals surface area contributed by atoms with E-state index in [1.807, 2.05) is 12.4 Å². The number of hydrogen-bond donors (Lipinski definition) is 1. The molecule has 0 saturated heterocycles. The van der Waals surface area contributed by atoms with Gasteiger partial charge in [0.1, 0.15) is 0 Å². The molecule has 3 nitrogen and oxygen atoms in total. The second-order valence-electron chi connectivity index (χ2n) is 2.88. The Hall–Kier alpha value is -1.12. The summed E-state index contributed by atoms with van der Waals surface area (Å²) < 4.78 is 10.9.